The Morgan fingerprint density at radius 3 is 2.73 bits per heavy atom. The van der Waals surface area contributed by atoms with E-state index in [0.717, 1.165) is 10.4 Å². The molecule has 0 radical (unpaired) electrons. The number of piperidine rings is 1. The molecule has 2 aromatic heterocycles. The molecule has 1 saturated heterocycles. The van der Waals surface area contributed by atoms with Crippen LogP contribution in [0, 0.1) is 12.8 Å². The number of fused-ring (bicyclic) bond motifs is 1. The molecule has 1 fully saturated rings. The first-order valence-electron chi connectivity index (χ1n) is 9.61. The van der Waals surface area contributed by atoms with Crippen molar-refractivity contribution in [1.29, 1.82) is 0 Å². The lowest BCUT2D eigenvalue weighted by molar-refractivity contribution is -0.136. The van der Waals surface area contributed by atoms with Gasteiger partial charge in [-0.15, -0.1) is 11.3 Å². The molecule has 0 aliphatic carbocycles. The van der Waals surface area contributed by atoms with Gasteiger partial charge >= 0.3 is 5.63 Å². The zero-order valence-electron chi connectivity index (χ0n) is 16.4. The summed E-state index contributed by atoms with van der Waals surface area (Å²) in [4.78, 5) is 42.0. The van der Waals surface area contributed by atoms with Crippen molar-refractivity contribution in [2.24, 2.45) is 11.7 Å². The highest BCUT2D eigenvalue weighted by molar-refractivity contribution is 7.09. The highest BCUT2D eigenvalue weighted by Gasteiger charge is 2.26. The molecule has 0 saturated carbocycles. The van der Waals surface area contributed by atoms with Crippen molar-refractivity contribution in [1.82, 2.24) is 9.88 Å². The second kappa shape index (κ2) is 8.27. The standard InChI is InChI=1S/C21H21N3O5S/c1-12-23-17(11-30-12)16-8-14-2-3-15(9-18(14)29-21(16)27)28-10-19(25)24-6-4-13(5-7-24)20(22)26/h2-3,8-9,11,13H,4-7,10H2,1H3,(H2,22,26). The van der Waals surface area contributed by atoms with Gasteiger partial charge in [0.1, 0.15) is 11.3 Å². The topological polar surface area (TPSA) is 116 Å². The Morgan fingerprint density at radius 2 is 2.07 bits per heavy atom. The van der Waals surface area contributed by atoms with E-state index in [2.05, 4.69) is 4.98 Å². The van der Waals surface area contributed by atoms with E-state index in [-0.39, 0.29) is 24.3 Å². The first kappa shape index (κ1) is 20.1. The van der Waals surface area contributed by atoms with Crippen LogP contribution in [0.4, 0.5) is 0 Å². The van der Waals surface area contributed by atoms with Crippen LogP contribution in [0.15, 0.2) is 38.9 Å². The molecule has 0 bridgehead atoms. The van der Waals surface area contributed by atoms with Gasteiger partial charge in [0.05, 0.1) is 16.3 Å². The Kier molecular flexibility index (Phi) is 5.54. The number of nitrogens with zero attached hydrogens (tertiary/aromatic N) is 2. The van der Waals surface area contributed by atoms with Gasteiger partial charge in [-0.25, -0.2) is 9.78 Å². The fourth-order valence-corrected chi connectivity index (χ4v) is 4.11. The van der Waals surface area contributed by atoms with Gasteiger partial charge in [0.25, 0.3) is 5.91 Å². The Labute approximate surface area is 176 Å². The predicted molar refractivity (Wildman–Crippen MR) is 112 cm³/mol. The largest absolute Gasteiger partial charge is 0.484 e. The molecule has 1 aliphatic rings. The zero-order valence-corrected chi connectivity index (χ0v) is 17.2. The first-order valence-corrected chi connectivity index (χ1v) is 10.5. The number of benzene rings is 1. The van der Waals surface area contributed by atoms with Crippen LogP contribution >= 0.6 is 11.3 Å². The van der Waals surface area contributed by atoms with Crippen molar-refractivity contribution >= 4 is 34.1 Å². The van der Waals surface area contributed by atoms with Gasteiger partial charge in [-0.2, -0.15) is 0 Å². The minimum atomic E-state index is -0.474. The number of aromatic nitrogens is 1. The third kappa shape index (κ3) is 4.20. The maximum Gasteiger partial charge on any atom is 0.345 e. The Balaban J connectivity index is 1.43. The van der Waals surface area contributed by atoms with Gasteiger partial charge in [-0.1, -0.05) is 0 Å². The van der Waals surface area contributed by atoms with Crippen LogP contribution in [-0.2, 0) is 9.59 Å². The maximum atomic E-state index is 12.4. The van der Waals surface area contributed by atoms with Crippen molar-refractivity contribution in [2.45, 2.75) is 19.8 Å². The van der Waals surface area contributed by atoms with E-state index in [0.29, 0.717) is 48.5 Å². The second-order valence-corrected chi connectivity index (χ2v) is 8.31. The molecule has 8 nitrogen and oxygen atoms in total. The molecule has 2 amide bonds. The second-order valence-electron chi connectivity index (χ2n) is 7.25. The van der Waals surface area contributed by atoms with Crippen molar-refractivity contribution in [3.8, 4) is 17.0 Å². The third-order valence-electron chi connectivity index (χ3n) is 5.21. The molecule has 0 unspecified atom stereocenters. The van der Waals surface area contributed by atoms with E-state index in [9.17, 15) is 14.4 Å². The molecule has 0 spiro atoms. The number of amides is 2. The van der Waals surface area contributed by atoms with Crippen LogP contribution in [-0.4, -0.2) is 41.4 Å². The van der Waals surface area contributed by atoms with Gasteiger partial charge < -0.3 is 19.8 Å². The van der Waals surface area contributed by atoms with Crippen LogP contribution in [0.2, 0.25) is 0 Å². The quantitative estimate of drug-likeness (QED) is 0.625. The van der Waals surface area contributed by atoms with E-state index in [1.807, 2.05) is 12.3 Å². The first-order chi connectivity index (χ1) is 14.4. The fourth-order valence-electron chi connectivity index (χ4n) is 3.50. The summed E-state index contributed by atoms with van der Waals surface area (Å²) in [5.41, 5.74) is 6.23. The molecule has 1 aliphatic heterocycles. The molecular weight excluding hydrogens is 406 g/mol. The summed E-state index contributed by atoms with van der Waals surface area (Å²) in [5.74, 6) is -0.211. The lowest BCUT2D eigenvalue weighted by atomic mass is 9.96. The monoisotopic (exact) mass is 427 g/mol. The molecular formula is C21H21N3O5S. The van der Waals surface area contributed by atoms with E-state index >= 15 is 0 Å². The maximum absolute atomic E-state index is 12.4. The van der Waals surface area contributed by atoms with Crippen molar-refractivity contribution < 1.29 is 18.7 Å². The minimum Gasteiger partial charge on any atom is -0.484 e. The van der Waals surface area contributed by atoms with Crippen LogP contribution < -0.4 is 16.1 Å². The number of hydrogen-bond acceptors (Lipinski definition) is 7. The number of likely N-dealkylation sites (tertiary alicyclic amines) is 1. The molecule has 1 aromatic carbocycles. The summed E-state index contributed by atoms with van der Waals surface area (Å²) in [6, 6.07) is 6.84. The van der Waals surface area contributed by atoms with E-state index < -0.39 is 5.63 Å². The number of hydrogen-bond donors (Lipinski definition) is 1. The summed E-state index contributed by atoms with van der Waals surface area (Å²) in [7, 11) is 0. The average molecular weight is 427 g/mol. The number of nitrogens with two attached hydrogens (primary N) is 1. The van der Waals surface area contributed by atoms with E-state index in [1.165, 1.54) is 11.3 Å². The molecule has 156 valence electrons. The van der Waals surface area contributed by atoms with Crippen LogP contribution in [0.1, 0.15) is 17.8 Å². The van der Waals surface area contributed by atoms with Crippen LogP contribution in [0.3, 0.4) is 0 Å². The molecule has 0 atom stereocenters. The smallest absolute Gasteiger partial charge is 0.345 e. The number of carbonyl (C=O) groups is 2. The number of thiazole rings is 1. The molecule has 3 aromatic rings. The van der Waals surface area contributed by atoms with Gasteiger partial charge in [0.2, 0.25) is 5.91 Å². The van der Waals surface area contributed by atoms with E-state index in [4.69, 9.17) is 14.9 Å². The van der Waals surface area contributed by atoms with Crippen molar-refractivity contribution in [3.05, 3.63) is 45.1 Å². The normalized spacial score (nSPS) is 14.8. The van der Waals surface area contributed by atoms with E-state index in [1.54, 1.807) is 29.2 Å². The Morgan fingerprint density at radius 1 is 1.30 bits per heavy atom. The van der Waals surface area contributed by atoms with Gasteiger partial charge in [0, 0.05) is 35.8 Å². The molecule has 4 rings (SSSR count). The third-order valence-corrected chi connectivity index (χ3v) is 5.99. The number of aryl methyl sites for hydroxylation is 1. The molecule has 3 heterocycles. The molecule has 9 heteroatoms. The molecule has 30 heavy (non-hydrogen) atoms. The number of carbonyl (C=O) groups excluding carboxylic acids is 2. The molecule has 2 N–H and O–H groups in total. The number of ether oxygens (including phenoxy) is 1. The summed E-state index contributed by atoms with van der Waals surface area (Å²) in [5, 5.41) is 3.43. The summed E-state index contributed by atoms with van der Waals surface area (Å²) >= 11 is 1.47. The number of primary amides is 1. The summed E-state index contributed by atoms with van der Waals surface area (Å²) in [6.45, 7) is 2.72. The number of rotatable bonds is 5. The highest BCUT2D eigenvalue weighted by Crippen LogP contribution is 2.25. The lowest BCUT2D eigenvalue weighted by Gasteiger charge is -2.30. The Hall–Kier alpha value is -3.20. The summed E-state index contributed by atoms with van der Waals surface area (Å²) < 4.78 is 11.1. The lowest BCUT2D eigenvalue weighted by Crippen LogP contribution is -2.43. The predicted octanol–water partition coefficient (Wildman–Crippen LogP) is 2.33. The fraction of sp³-hybridized carbons (Fsp3) is 0.333. The van der Waals surface area contributed by atoms with Crippen LogP contribution in [0.5, 0.6) is 5.75 Å². The Bertz CT molecular complexity index is 1160. The minimum absolute atomic E-state index is 0.132. The van der Waals surface area contributed by atoms with Gasteiger partial charge in [-0.3, -0.25) is 9.59 Å². The summed E-state index contributed by atoms with van der Waals surface area (Å²) in [6.07, 6.45) is 1.14. The van der Waals surface area contributed by atoms with Gasteiger partial charge in [0.15, 0.2) is 6.61 Å². The zero-order chi connectivity index (χ0) is 21.3. The average Bonchev–Trinajstić information content (AvgIpc) is 3.17. The van der Waals surface area contributed by atoms with Crippen molar-refractivity contribution in [2.75, 3.05) is 19.7 Å². The van der Waals surface area contributed by atoms with Crippen molar-refractivity contribution in [3.63, 3.8) is 0 Å². The highest BCUT2D eigenvalue weighted by atomic mass is 32.1. The van der Waals surface area contributed by atoms with Crippen LogP contribution in [0.25, 0.3) is 22.2 Å². The SMILES string of the molecule is Cc1nc(-c2cc3ccc(OCC(=O)N4CCC(C(N)=O)CC4)cc3oc2=O)cs1. The van der Waals surface area contributed by atoms with Gasteiger partial charge in [-0.05, 0) is 38.0 Å².